The molecule has 3 heterocycles. The van der Waals surface area contributed by atoms with Crippen molar-refractivity contribution in [3.8, 4) is 11.5 Å². The molecule has 0 spiro atoms. The van der Waals surface area contributed by atoms with Gasteiger partial charge in [-0.3, -0.25) is 19.4 Å². The van der Waals surface area contributed by atoms with Gasteiger partial charge >= 0.3 is 6.03 Å². The van der Waals surface area contributed by atoms with Crippen LogP contribution in [0.25, 0.3) is 6.08 Å². The van der Waals surface area contributed by atoms with E-state index >= 15 is 0 Å². The molecule has 9 nitrogen and oxygen atoms in total. The monoisotopic (exact) mass is 464 g/mol. The number of nitrogens with zero attached hydrogens (tertiary/aromatic N) is 3. The van der Waals surface area contributed by atoms with Crippen molar-refractivity contribution in [3.05, 3.63) is 59.3 Å². The molecule has 2 aromatic rings. The van der Waals surface area contributed by atoms with Crippen LogP contribution in [0, 0.1) is 6.92 Å². The van der Waals surface area contributed by atoms with Gasteiger partial charge in [-0.2, -0.15) is 0 Å². The molecule has 0 unspecified atom stereocenters. The first kappa shape index (κ1) is 21.1. The van der Waals surface area contributed by atoms with Gasteiger partial charge in [0.1, 0.15) is 5.70 Å². The molecule has 0 bridgehead atoms. The second kappa shape index (κ2) is 8.62. The van der Waals surface area contributed by atoms with Crippen LogP contribution in [0.4, 0.5) is 10.5 Å². The molecule has 3 aliphatic heterocycles. The van der Waals surface area contributed by atoms with Gasteiger partial charge in [0, 0.05) is 13.1 Å². The van der Waals surface area contributed by atoms with Gasteiger partial charge in [-0.1, -0.05) is 35.5 Å². The highest BCUT2D eigenvalue weighted by molar-refractivity contribution is 8.14. The normalized spacial score (nSPS) is 18.2. The van der Waals surface area contributed by atoms with Crippen LogP contribution in [0.2, 0.25) is 0 Å². The van der Waals surface area contributed by atoms with Crippen LogP contribution >= 0.6 is 11.8 Å². The number of amidine groups is 1. The highest BCUT2D eigenvalue weighted by Crippen LogP contribution is 2.34. The Morgan fingerprint density at radius 2 is 1.94 bits per heavy atom. The number of nitrogens with one attached hydrogen (secondary N) is 1. The van der Waals surface area contributed by atoms with Gasteiger partial charge in [0.15, 0.2) is 16.7 Å². The summed E-state index contributed by atoms with van der Waals surface area (Å²) in [5, 5.41) is 2.99. The summed E-state index contributed by atoms with van der Waals surface area (Å²) in [6.07, 6.45) is 1.68. The Balaban J connectivity index is 1.43. The molecule has 168 valence electrons. The predicted octanol–water partition coefficient (Wildman–Crippen LogP) is 2.75. The predicted molar refractivity (Wildman–Crippen MR) is 124 cm³/mol. The third-order valence-electron chi connectivity index (χ3n) is 5.30. The number of aryl methyl sites for hydroxylation is 1. The zero-order valence-corrected chi connectivity index (χ0v) is 18.6. The molecule has 1 fully saturated rings. The number of thioether (sulfide) groups is 1. The molecule has 2 aromatic carbocycles. The average Bonchev–Trinajstić information content (AvgIpc) is 3.52. The summed E-state index contributed by atoms with van der Waals surface area (Å²) >= 11 is 1.12. The van der Waals surface area contributed by atoms with Crippen molar-refractivity contribution in [1.29, 1.82) is 0 Å². The Labute approximate surface area is 194 Å². The molecule has 0 saturated carbocycles. The van der Waals surface area contributed by atoms with E-state index in [9.17, 15) is 14.4 Å². The van der Waals surface area contributed by atoms with Crippen molar-refractivity contribution in [2.75, 3.05) is 30.5 Å². The van der Waals surface area contributed by atoms with E-state index in [1.54, 1.807) is 18.2 Å². The van der Waals surface area contributed by atoms with Gasteiger partial charge in [0.25, 0.3) is 5.91 Å². The Kier molecular flexibility index (Phi) is 5.51. The van der Waals surface area contributed by atoms with E-state index in [1.165, 1.54) is 9.80 Å². The highest BCUT2D eigenvalue weighted by atomic mass is 32.2. The van der Waals surface area contributed by atoms with E-state index in [-0.39, 0.29) is 30.1 Å². The molecule has 0 aliphatic carbocycles. The maximum atomic E-state index is 13.3. The van der Waals surface area contributed by atoms with Gasteiger partial charge < -0.3 is 14.8 Å². The zero-order chi connectivity index (χ0) is 22.9. The number of carbonyl (C=O) groups is 3. The first-order chi connectivity index (χ1) is 16.0. The Morgan fingerprint density at radius 3 is 2.70 bits per heavy atom. The lowest BCUT2D eigenvalue weighted by Crippen LogP contribution is -2.36. The molecule has 4 amide bonds. The molecule has 10 heteroatoms. The van der Waals surface area contributed by atoms with Crippen LogP contribution in [0.3, 0.4) is 0 Å². The number of benzene rings is 2. The number of imide groups is 1. The molecule has 0 atom stereocenters. The third kappa shape index (κ3) is 4.17. The molecular formula is C23H20N4O5S. The average molecular weight is 465 g/mol. The fourth-order valence-electron chi connectivity index (χ4n) is 3.59. The maximum absolute atomic E-state index is 13.3. The quantitative estimate of drug-likeness (QED) is 0.699. The van der Waals surface area contributed by atoms with Crippen molar-refractivity contribution in [2.45, 2.75) is 6.92 Å². The van der Waals surface area contributed by atoms with Gasteiger partial charge in [-0.05, 0) is 42.8 Å². The molecule has 1 N–H and O–H groups in total. The molecule has 0 aromatic heterocycles. The van der Waals surface area contributed by atoms with Crippen LogP contribution in [0.15, 0.2) is 53.2 Å². The molecule has 5 rings (SSSR count). The van der Waals surface area contributed by atoms with Crippen LogP contribution < -0.4 is 19.7 Å². The number of anilines is 1. The largest absolute Gasteiger partial charge is 0.454 e. The molecule has 0 radical (unpaired) electrons. The first-order valence-electron chi connectivity index (χ1n) is 10.3. The number of hydrogen-bond acceptors (Lipinski definition) is 7. The lowest BCUT2D eigenvalue weighted by atomic mass is 10.1. The number of aliphatic imine (C=N–C) groups is 1. The summed E-state index contributed by atoms with van der Waals surface area (Å²) in [6.45, 7) is 2.90. The second-order valence-electron chi connectivity index (χ2n) is 7.58. The van der Waals surface area contributed by atoms with Gasteiger partial charge in [-0.15, -0.1) is 0 Å². The van der Waals surface area contributed by atoms with Crippen LogP contribution in [-0.2, 0) is 9.59 Å². The number of urea groups is 1. The topological polar surface area (TPSA) is 101 Å². The van der Waals surface area contributed by atoms with Gasteiger partial charge in [-0.25, -0.2) is 9.79 Å². The SMILES string of the molecule is Cc1ccc(N2C(=O)/C(=C\c3ccc4c(c3)OCO4)N=C2SCC(=O)N2CCNC2=O)cc1. The number of amides is 4. The number of rotatable bonds is 4. The number of fused-ring (bicyclic) bond motifs is 1. The van der Waals surface area contributed by atoms with Crippen molar-refractivity contribution in [2.24, 2.45) is 4.99 Å². The summed E-state index contributed by atoms with van der Waals surface area (Å²) in [5.41, 5.74) is 2.69. The summed E-state index contributed by atoms with van der Waals surface area (Å²) in [6, 6.07) is 12.5. The highest BCUT2D eigenvalue weighted by Gasteiger charge is 2.34. The van der Waals surface area contributed by atoms with Crippen molar-refractivity contribution in [3.63, 3.8) is 0 Å². The van der Waals surface area contributed by atoms with E-state index in [4.69, 9.17) is 9.47 Å². The summed E-state index contributed by atoms with van der Waals surface area (Å²) in [5.74, 6) is 0.616. The third-order valence-corrected chi connectivity index (χ3v) is 6.23. The minimum atomic E-state index is -0.399. The summed E-state index contributed by atoms with van der Waals surface area (Å²) < 4.78 is 10.8. The number of hydrogen-bond donors (Lipinski definition) is 1. The Morgan fingerprint density at radius 1 is 1.15 bits per heavy atom. The Hall–Kier alpha value is -3.79. The fourth-order valence-corrected chi connectivity index (χ4v) is 4.48. The standard InChI is InChI=1S/C23H20N4O5S/c1-14-2-5-16(6-3-14)27-21(29)17(10-15-4-7-18-19(11-15)32-13-31-18)25-23(27)33-12-20(28)26-9-8-24-22(26)30/h2-7,10-11H,8-9,12-13H2,1H3,(H,24,30)/b17-10+. The van der Waals surface area contributed by atoms with E-state index in [0.717, 1.165) is 22.9 Å². The lowest BCUT2D eigenvalue weighted by molar-refractivity contribution is -0.124. The number of ether oxygens (including phenoxy) is 2. The molecule has 3 aliphatic rings. The maximum Gasteiger partial charge on any atom is 0.324 e. The van der Waals surface area contributed by atoms with Crippen LogP contribution in [-0.4, -0.2) is 53.5 Å². The number of carbonyl (C=O) groups excluding carboxylic acids is 3. The Bertz CT molecular complexity index is 1210. The van der Waals surface area contributed by atoms with Gasteiger partial charge in [0.05, 0.1) is 11.4 Å². The minimum absolute atomic E-state index is 0.0147. The summed E-state index contributed by atoms with van der Waals surface area (Å²) in [7, 11) is 0. The molecule has 33 heavy (non-hydrogen) atoms. The summed E-state index contributed by atoms with van der Waals surface area (Å²) in [4.78, 5) is 44.8. The van der Waals surface area contributed by atoms with E-state index in [0.29, 0.717) is 35.4 Å². The molecular weight excluding hydrogens is 444 g/mol. The van der Waals surface area contributed by atoms with Crippen molar-refractivity contribution in [1.82, 2.24) is 10.2 Å². The molecule has 1 saturated heterocycles. The van der Waals surface area contributed by atoms with E-state index in [2.05, 4.69) is 10.3 Å². The van der Waals surface area contributed by atoms with Crippen LogP contribution in [0.1, 0.15) is 11.1 Å². The minimum Gasteiger partial charge on any atom is -0.454 e. The fraction of sp³-hybridized carbons (Fsp3) is 0.217. The lowest BCUT2D eigenvalue weighted by Gasteiger charge is -2.18. The first-order valence-corrected chi connectivity index (χ1v) is 11.3. The van der Waals surface area contributed by atoms with E-state index in [1.807, 2.05) is 37.3 Å². The smallest absolute Gasteiger partial charge is 0.324 e. The zero-order valence-electron chi connectivity index (χ0n) is 17.7. The van der Waals surface area contributed by atoms with Crippen LogP contribution in [0.5, 0.6) is 11.5 Å². The van der Waals surface area contributed by atoms with E-state index < -0.39 is 6.03 Å². The van der Waals surface area contributed by atoms with Crippen molar-refractivity contribution >= 4 is 46.5 Å². The van der Waals surface area contributed by atoms with Crippen molar-refractivity contribution < 1.29 is 23.9 Å². The second-order valence-corrected chi connectivity index (χ2v) is 8.52. The van der Waals surface area contributed by atoms with Gasteiger partial charge in [0.2, 0.25) is 12.7 Å².